The molecule has 3 aromatic heterocycles. The first-order valence-corrected chi connectivity index (χ1v) is 18.3. The van der Waals surface area contributed by atoms with E-state index < -0.39 is 0 Å². The van der Waals surface area contributed by atoms with Crippen LogP contribution in [0.15, 0.2) is 182 Å². The van der Waals surface area contributed by atoms with E-state index in [4.69, 9.17) is 0 Å². The summed E-state index contributed by atoms with van der Waals surface area (Å²) in [4.78, 5) is 0. The fourth-order valence-electron chi connectivity index (χ4n) is 8.24. The van der Waals surface area contributed by atoms with Gasteiger partial charge >= 0.3 is 0 Å². The number of benzene rings is 8. The second-order valence-corrected chi connectivity index (χ2v) is 14.4. The van der Waals surface area contributed by atoms with Gasteiger partial charge in [0.15, 0.2) is 0 Å². The van der Waals surface area contributed by atoms with Crippen LogP contribution in [0, 0.1) is 0 Å². The Morgan fingerprint density at radius 3 is 1.51 bits per heavy atom. The SMILES string of the molecule is c1cc(-c2ccc(-c3ccc(-n4c5ccccc5c5c6c(ccc54)sc4ccccc46)cc3)cc2)cc(-n2c3ccccc3c3ccccc32)c1. The zero-order valence-corrected chi connectivity index (χ0v) is 28.4. The van der Waals surface area contributed by atoms with Gasteiger partial charge in [-0.3, -0.25) is 0 Å². The first-order chi connectivity index (χ1) is 25.3. The van der Waals surface area contributed by atoms with E-state index in [9.17, 15) is 0 Å². The van der Waals surface area contributed by atoms with Crippen molar-refractivity contribution < 1.29 is 0 Å². The van der Waals surface area contributed by atoms with Crippen LogP contribution in [-0.4, -0.2) is 9.13 Å². The van der Waals surface area contributed by atoms with Crippen LogP contribution >= 0.6 is 11.3 Å². The molecule has 238 valence electrons. The Balaban J connectivity index is 0.958. The molecule has 0 aliphatic carbocycles. The van der Waals surface area contributed by atoms with Gasteiger partial charge in [0, 0.05) is 53.1 Å². The van der Waals surface area contributed by atoms with Crippen molar-refractivity contribution in [2.24, 2.45) is 0 Å². The van der Waals surface area contributed by atoms with Gasteiger partial charge in [-0.25, -0.2) is 0 Å². The summed E-state index contributed by atoms with van der Waals surface area (Å²) in [5.74, 6) is 0. The van der Waals surface area contributed by atoms with E-state index in [2.05, 4.69) is 191 Å². The van der Waals surface area contributed by atoms with Crippen molar-refractivity contribution in [1.82, 2.24) is 9.13 Å². The van der Waals surface area contributed by atoms with E-state index in [1.54, 1.807) is 0 Å². The third-order valence-corrected chi connectivity index (χ3v) is 11.7. The largest absolute Gasteiger partial charge is 0.309 e. The summed E-state index contributed by atoms with van der Waals surface area (Å²) < 4.78 is 7.48. The van der Waals surface area contributed by atoms with Crippen LogP contribution in [0.25, 0.3) is 97.4 Å². The summed E-state index contributed by atoms with van der Waals surface area (Å²) in [6.45, 7) is 0. The van der Waals surface area contributed by atoms with Gasteiger partial charge in [-0.05, 0) is 82.9 Å². The number of thiophene rings is 1. The van der Waals surface area contributed by atoms with Gasteiger partial charge < -0.3 is 9.13 Å². The summed E-state index contributed by atoms with van der Waals surface area (Å²) in [7, 11) is 0. The maximum absolute atomic E-state index is 2.42. The van der Waals surface area contributed by atoms with E-state index in [0.717, 1.165) is 0 Å². The predicted molar refractivity (Wildman–Crippen MR) is 219 cm³/mol. The van der Waals surface area contributed by atoms with Gasteiger partial charge in [-0.15, -0.1) is 11.3 Å². The first-order valence-electron chi connectivity index (χ1n) is 17.4. The third kappa shape index (κ3) is 4.29. The lowest BCUT2D eigenvalue weighted by atomic mass is 10.00. The van der Waals surface area contributed by atoms with Crippen LogP contribution in [0.3, 0.4) is 0 Å². The molecule has 0 atom stereocenters. The number of aromatic nitrogens is 2. The quantitative estimate of drug-likeness (QED) is 0.177. The summed E-state index contributed by atoms with van der Waals surface area (Å²) >= 11 is 1.88. The minimum absolute atomic E-state index is 1.17. The lowest BCUT2D eigenvalue weighted by Crippen LogP contribution is -1.94. The van der Waals surface area contributed by atoms with Crippen LogP contribution in [0.4, 0.5) is 0 Å². The van der Waals surface area contributed by atoms with Crippen molar-refractivity contribution in [3.05, 3.63) is 182 Å². The number of hydrogen-bond donors (Lipinski definition) is 0. The summed E-state index contributed by atoms with van der Waals surface area (Å²) in [5.41, 5.74) is 12.1. The maximum atomic E-state index is 2.42. The number of fused-ring (bicyclic) bond motifs is 10. The van der Waals surface area contributed by atoms with E-state index in [1.807, 2.05) is 11.3 Å². The Kier molecular flexibility index (Phi) is 6.16. The minimum Gasteiger partial charge on any atom is -0.309 e. The number of rotatable bonds is 4. The zero-order valence-electron chi connectivity index (χ0n) is 27.6. The third-order valence-electron chi connectivity index (χ3n) is 10.5. The molecule has 11 aromatic rings. The fourth-order valence-corrected chi connectivity index (χ4v) is 9.35. The molecule has 0 N–H and O–H groups in total. The van der Waals surface area contributed by atoms with Crippen LogP contribution < -0.4 is 0 Å². The van der Waals surface area contributed by atoms with Gasteiger partial charge in [-0.2, -0.15) is 0 Å². The molecule has 3 heteroatoms. The highest BCUT2D eigenvalue weighted by molar-refractivity contribution is 7.26. The highest BCUT2D eigenvalue weighted by Gasteiger charge is 2.18. The standard InChI is InChI=1S/C48H30N2S/c1-5-16-41-37(12-1)38-13-2-6-17-42(38)50(41)36-11-9-10-34(30-36)33-22-20-31(21-23-33)32-24-26-35(27-25-32)49-43-18-7-3-14-39(43)47-44(49)28-29-46-48(47)40-15-4-8-19-45(40)51-46/h1-30H. The zero-order chi connectivity index (χ0) is 33.5. The molecule has 0 spiro atoms. The van der Waals surface area contributed by atoms with Gasteiger partial charge in [0.25, 0.3) is 0 Å². The Morgan fingerprint density at radius 1 is 0.294 bits per heavy atom. The second-order valence-electron chi connectivity index (χ2n) is 13.3. The van der Waals surface area contributed by atoms with Crippen LogP contribution in [-0.2, 0) is 0 Å². The minimum atomic E-state index is 1.17. The van der Waals surface area contributed by atoms with E-state index in [1.165, 1.54) is 97.4 Å². The first kappa shape index (κ1) is 28.4. The van der Waals surface area contributed by atoms with Crippen molar-refractivity contribution >= 4 is 75.1 Å². The number of hydrogen-bond acceptors (Lipinski definition) is 1. The molecule has 0 aliphatic heterocycles. The average Bonchev–Trinajstić information content (AvgIpc) is 3.86. The summed E-state index contributed by atoms with van der Waals surface area (Å²) in [5, 5.41) is 7.88. The molecule has 0 saturated heterocycles. The van der Waals surface area contributed by atoms with Crippen LogP contribution in [0.5, 0.6) is 0 Å². The molecule has 0 amide bonds. The Hall–Kier alpha value is -6.42. The fraction of sp³-hybridized carbons (Fsp3) is 0. The molecule has 0 unspecified atom stereocenters. The van der Waals surface area contributed by atoms with Gasteiger partial charge in [-0.1, -0.05) is 121 Å². The van der Waals surface area contributed by atoms with Crippen molar-refractivity contribution in [2.75, 3.05) is 0 Å². The normalized spacial score (nSPS) is 11.9. The molecule has 0 aliphatic rings. The maximum Gasteiger partial charge on any atom is 0.0548 e. The molecule has 0 radical (unpaired) electrons. The molecule has 51 heavy (non-hydrogen) atoms. The highest BCUT2D eigenvalue weighted by atomic mass is 32.1. The number of para-hydroxylation sites is 3. The molecular weight excluding hydrogens is 637 g/mol. The molecule has 2 nitrogen and oxygen atoms in total. The van der Waals surface area contributed by atoms with Crippen LogP contribution in [0.1, 0.15) is 0 Å². The Bertz CT molecular complexity index is 3070. The summed E-state index contributed by atoms with van der Waals surface area (Å²) in [6.07, 6.45) is 0. The average molecular weight is 667 g/mol. The monoisotopic (exact) mass is 666 g/mol. The predicted octanol–water partition coefficient (Wildman–Crippen LogP) is 13.6. The van der Waals surface area contributed by atoms with Crippen molar-refractivity contribution in [3.63, 3.8) is 0 Å². The smallest absolute Gasteiger partial charge is 0.0548 e. The number of nitrogens with zero attached hydrogens (tertiary/aromatic N) is 2. The molecule has 8 aromatic carbocycles. The van der Waals surface area contributed by atoms with Gasteiger partial charge in [0.05, 0.1) is 22.1 Å². The van der Waals surface area contributed by atoms with Crippen molar-refractivity contribution in [1.29, 1.82) is 0 Å². The molecular formula is C48H30N2S. The molecule has 11 rings (SSSR count). The van der Waals surface area contributed by atoms with Gasteiger partial charge in [0.2, 0.25) is 0 Å². The molecule has 0 bridgehead atoms. The lowest BCUT2D eigenvalue weighted by molar-refractivity contribution is 1.18. The summed E-state index contributed by atoms with van der Waals surface area (Å²) in [6, 6.07) is 66.5. The molecule has 0 saturated carbocycles. The second kappa shape index (κ2) is 11.0. The Labute approximate surface area is 298 Å². The van der Waals surface area contributed by atoms with E-state index >= 15 is 0 Å². The Morgan fingerprint density at radius 2 is 0.824 bits per heavy atom. The van der Waals surface area contributed by atoms with Crippen LogP contribution in [0.2, 0.25) is 0 Å². The van der Waals surface area contributed by atoms with E-state index in [0.29, 0.717) is 0 Å². The topological polar surface area (TPSA) is 9.86 Å². The van der Waals surface area contributed by atoms with Crippen molar-refractivity contribution in [2.45, 2.75) is 0 Å². The highest BCUT2D eigenvalue weighted by Crippen LogP contribution is 2.43. The lowest BCUT2D eigenvalue weighted by Gasteiger charge is -2.11. The molecule has 0 fully saturated rings. The van der Waals surface area contributed by atoms with E-state index in [-0.39, 0.29) is 0 Å². The van der Waals surface area contributed by atoms with Crippen molar-refractivity contribution in [3.8, 4) is 33.6 Å². The molecule has 3 heterocycles. The van der Waals surface area contributed by atoms with Gasteiger partial charge in [0.1, 0.15) is 0 Å².